The van der Waals surface area contributed by atoms with E-state index in [1.165, 1.54) is 4.90 Å². The molecule has 1 aromatic carbocycles. The molecule has 128 valence electrons. The number of sulfone groups is 1. The first-order valence-electron chi connectivity index (χ1n) is 7.58. The van der Waals surface area contributed by atoms with E-state index in [9.17, 15) is 18.0 Å². The van der Waals surface area contributed by atoms with Crippen molar-refractivity contribution in [1.29, 1.82) is 0 Å². The molecule has 0 radical (unpaired) electrons. The highest BCUT2D eigenvalue weighted by atomic mass is 32.2. The van der Waals surface area contributed by atoms with Crippen LogP contribution in [0.5, 0.6) is 0 Å². The van der Waals surface area contributed by atoms with E-state index in [2.05, 4.69) is 0 Å². The van der Waals surface area contributed by atoms with Crippen LogP contribution in [0, 0.1) is 0 Å². The number of aliphatic carboxylic acids is 1. The van der Waals surface area contributed by atoms with Gasteiger partial charge in [-0.05, 0) is 18.4 Å². The quantitative estimate of drug-likeness (QED) is 0.699. The van der Waals surface area contributed by atoms with Gasteiger partial charge in [0.1, 0.15) is 5.75 Å². The van der Waals surface area contributed by atoms with E-state index in [0.29, 0.717) is 12.8 Å². The smallest absolute Gasteiger partial charge is 0.303 e. The van der Waals surface area contributed by atoms with Crippen LogP contribution in [0.2, 0.25) is 0 Å². The summed E-state index contributed by atoms with van der Waals surface area (Å²) >= 11 is 0. The molecule has 0 aliphatic heterocycles. The second kappa shape index (κ2) is 9.29. The fraction of sp³-hybridized carbons (Fsp3) is 0.500. The minimum atomic E-state index is -3.42. The summed E-state index contributed by atoms with van der Waals surface area (Å²) in [5.74, 6) is -1.96. The highest BCUT2D eigenvalue weighted by Gasteiger charge is 2.21. The van der Waals surface area contributed by atoms with E-state index in [1.54, 1.807) is 6.92 Å². The number of rotatable bonds is 10. The molecule has 7 heteroatoms. The molecule has 0 saturated carbocycles. The predicted molar refractivity (Wildman–Crippen MR) is 87.7 cm³/mol. The maximum absolute atomic E-state index is 12.3. The molecule has 6 nitrogen and oxygen atoms in total. The van der Waals surface area contributed by atoms with Crippen molar-refractivity contribution < 1.29 is 23.1 Å². The molecule has 0 fully saturated rings. The molecule has 0 atom stereocenters. The second-order valence-electron chi connectivity index (χ2n) is 5.39. The third-order valence-electron chi connectivity index (χ3n) is 3.25. The van der Waals surface area contributed by atoms with Crippen LogP contribution in [-0.2, 0) is 26.0 Å². The monoisotopic (exact) mass is 341 g/mol. The molecule has 0 bridgehead atoms. The van der Waals surface area contributed by atoms with Gasteiger partial charge in [0.25, 0.3) is 0 Å². The number of carboxylic acid groups (broad SMARTS) is 1. The van der Waals surface area contributed by atoms with E-state index in [1.807, 2.05) is 30.3 Å². The summed E-state index contributed by atoms with van der Waals surface area (Å²) in [7, 11) is -3.42. The van der Waals surface area contributed by atoms with Crippen molar-refractivity contribution in [3.05, 3.63) is 35.9 Å². The zero-order valence-corrected chi connectivity index (χ0v) is 14.1. The lowest BCUT2D eigenvalue weighted by molar-refractivity contribution is -0.138. The number of hydrogen-bond donors (Lipinski definition) is 1. The molecule has 23 heavy (non-hydrogen) atoms. The third-order valence-corrected chi connectivity index (χ3v) is 4.96. The van der Waals surface area contributed by atoms with Crippen molar-refractivity contribution in [3.8, 4) is 0 Å². The van der Waals surface area contributed by atoms with E-state index in [-0.39, 0.29) is 25.3 Å². The number of carboxylic acids is 1. The molecule has 1 aromatic rings. The van der Waals surface area contributed by atoms with Crippen LogP contribution in [0.4, 0.5) is 0 Å². The number of benzene rings is 1. The Balaban J connectivity index is 2.76. The summed E-state index contributed by atoms with van der Waals surface area (Å²) in [4.78, 5) is 24.4. The summed E-state index contributed by atoms with van der Waals surface area (Å²) in [5, 5.41) is 8.71. The van der Waals surface area contributed by atoms with Gasteiger partial charge in [-0.3, -0.25) is 9.59 Å². The van der Waals surface area contributed by atoms with E-state index in [0.717, 1.165) is 5.56 Å². The number of amides is 1. The lowest BCUT2D eigenvalue weighted by Crippen LogP contribution is -2.36. The molecule has 1 N–H and O–H groups in total. The van der Waals surface area contributed by atoms with Gasteiger partial charge in [-0.15, -0.1) is 0 Å². The van der Waals surface area contributed by atoms with Gasteiger partial charge in [0, 0.05) is 19.5 Å². The van der Waals surface area contributed by atoms with Crippen LogP contribution < -0.4 is 0 Å². The van der Waals surface area contributed by atoms with Crippen LogP contribution in [-0.4, -0.2) is 48.4 Å². The van der Waals surface area contributed by atoms with Crippen molar-refractivity contribution in [3.63, 3.8) is 0 Å². The Kier molecular flexibility index (Phi) is 7.74. The van der Waals surface area contributed by atoms with Gasteiger partial charge >= 0.3 is 5.97 Å². The maximum atomic E-state index is 12.3. The largest absolute Gasteiger partial charge is 0.481 e. The maximum Gasteiger partial charge on any atom is 0.303 e. The minimum Gasteiger partial charge on any atom is -0.481 e. The molecule has 0 aromatic heterocycles. The standard InChI is InChI=1S/C16H23NO5S/c1-2-11-23(21,22)13-15(18)17(10-6-9-16(19)20)12-14-7-4-3-5-8-14/h3-5,7-8H,2,6,9-13H2,1H3,(H,19,20). The van der Waals surface area contributed by atoms with Gasteiger partial charge in [-0.25, -0.2) is 8.42 Å². The number of nitrogens with zero attached hydrogens (tertiary/aromatic N) is 1. The molecule has 0 aliphatic rings. The summed E-state index contributed by atoms with van der Waals surface area (Å²) in [6.45, 7) is 2.25. The topological polar surface area (TPSA) is 91.8 Å². The molecule has 1 amide bonds. The summed E-state index contributed by atoms with van der Waals surface area (Å²) in [6.07, 6.45) is 0.704. The summed E-state index contributed by atoms with van der Waals surface area (Å²) in [6, 6.07) is 9.22. The Morgan fingerprint density at radius 1 is 1.17 bits per heavy atom. The lowest BCUT2D eigenvalue weighted by Gasteiger charge is -2.22. The molecular formula is C16H23NO5S. The van der Waals surface area contributed by atoms with Gasteiger partial charge in [-0.1, -0.05) is 37.3 Å². The Labute approximate surface area is 137 Å². The fourth-order valence-corrected chi connectivity index (χ4v) is 3.50. The van der Waals surface area contributed by atoms with Crippen molar-refractivity contribution in [2.24, 2.45) is 0 Å². The van der Waals surface area contributed by atoms with Crippen molar-refractivity contribution in [2.75, 3.05) is 18.1 Å². The highest BCUT2D eigenvalue weighted by Crippen LogP contribution is 2.08. The predicted octanol–water partition coefficient (Wildman–Crippen LogP) is 1.70. The van der Waals surface area contributed by atoms with Gasteiger partial charge in [0.05, 0.1) is 5.75 Å². The number of carbonyl (C=O) groups is 2. The first-order chi connectivity index (χ1) is 10.8. The summed E-state index contributed by atoms with van der Waals surface area (Å²) < 4.78 is 23.7. The van der Waals surface area contributed by atoms with Crippen LogP contribution >= 0.6 is 0 Å². The van der Waals surface area contributed by atoms with Crippen LogP contribution in [0.15, 0.2) is 30.3 Å². The first kappa shape index (κ1) is 19.2. The Hall–Kier alpha value is -1.89. The zero-order valence-electron chi connectivity index (χ0n) is 13.3. The van der Waals surface area contributed by atoms with Gasteiger partial charge in [0.15, 0.2) is 9.84 Å². The SMILES string of the molecule is CCCS(=O)(=O)CC(=O)N(CCCC(=O)O)Cc1ccccc1. The molecule has 1 rings (SSSR count). The van der Waals surface area contributed by atoms with Crippen molar-refractivity contribution >= 4 is 21.7 Å². The zero-order chi connectivity index (χ0) is 17.3. The van der Waals surface area contributed by atoms with Gasteiger partial charge in [0.2, 0.25) is 5.91 Å². The van der Waals surface area contributed by atoms with Crippen molar-refractivity contribution in [1.82, 2.24) is 4.90 Å². The normalized spacial score (nSPS) is 11.2. The average Bonchev–Trinajstić information content (AvgIpc) is 2.46. The van der Waals surface area contributed by atoms with E-state index in [4.69, 9.17) is 5.11 Å². The van der Waals surface area contributed by atoms with Crippen LogP contribution in [0.1, 0.15) is 31.7 Å². The van der Waals surface area contributed by atoms with Crippen LogP contribution in [0.3, 0.4) is 0 Å². The number of carbonyl (C=O) groups excluding carboxylic acids is 1. The van der Waals surface area contributed by atoms with Crippen molar-refractivity contribution in [2.45, 2.75) is 32.7 Å². The molecule has 0 spiro atoms. The van der Waals surface area contributed by atoms with Gasteiger partial charge < -0.3 is 10.0 Å². The lowest BCUT2D eigenvalue weighted by atomic mass is 10.2. The Bertz CT molecular complexity index is 613. The number of hydrogen-bond acceptors (Lipinski definition) is 4. The average molecular weight is 341 g/mol. The molecular weight excluding hydrogens is 318 g/mol. The molecule has 0 heterocycles. The first-order valence-corrected chi connectivity index (χ1v) is 9.40. The van der Waals surface area contributed by atoms with E-state index < -0.39 is 27.5 Å². The van der Waals surface area contributed by atoms with Crippen LogP contribution in [0.25, 0.3) is 0 Å². The van der Waals surface area contributed by atoms with E-state index >= 15 is 0 Å². The Morgan fingerprint density at radius 2 is 1.83 bits per heavy atom. The Morgan fingerprint density at radius 3 is 2.39 bits per heavy atom. The third kappa shape index (κ3) is 7.78. The second-order valence-corrected chi connectivity index (χ2v) is 7.57. The summed E-state index contributed by atoms with van der Waals surface area (Å²) in [5.41, 5.74) is 0.879. The fourth-order valence-electron chi connectivity index (χ4n) is 2.18. The van der Waals surface area contributed by atoms with Gasteiger partial charge in [-0.2, -0.15) is 0 Å². The molecule has 0 aliphatic carbocycles. The molecule has 0 saturated heterocycles. The highest BCUT2D eigenvalue weighted by molar-refractivity contribution is 7.92. The molecule has 0 unspecified atom stereocenters. The minimum absolute atomic E-state index is 0.0208.